The zero-order valence-corrected chi connectivity index (χ0v) is 14.8. The molecule has 0 bridgehead atoms. The fourth-order valence-electron chi connectivity index (χ4n) is 4.30. The zero-order chi connectivity index (χ0) is 18.6. The number of amides is 2. The number of aryl methyl sites for hydroxylation is 1. The van der Waals surface area contributed by atoms with Gasteiger partial charge in [-0.15, -0.1) is 0 Å². The summed E-state index contributed by atoms with van der Waals surface area (Å²) >= 11 is 0. The Balaban J connectivity index is 1.69. The molecule has 0 fully saturated rings. The number of nitrogens with one attached hydrogen (secondary N) is 2. The van der Waals surface area contributed by atoms with Gasteiger partial charge in [0.1, 0.15) is 11.2 Å². The molecule has 2 aliphatic rings. The lowest BCUT2D eigenvalue weighted by Crippen LogP contribution is -2.46. The number of fused-ring (bicyclic) bond motifs is 4. The molecule has 6 nitrogen and oxygen atoms in total. The molecule has 3 aromatic rings. The van der Waals surface area contributed by atoms with Gasteiger partial charge in [0.05, 0.1) is 12.7 Å². The molecule has 2 aliphatic heterocycles. The van der Waals surface area contributed by atoms with E-state index in [1.54, 1.807) is 11.1 Å². The third-order valence-electron chi connectivity index (χ3n) is 5.64. The minimum absolute atomic E-state index is 0.0792. The van der Waals surface area contributed by atoms with Crippen molar-refractivity contribution in [3.63, 3.8) is 0 Å². The van der Waals surface area contributed by atoms with Gasteiger partial charge in [0.15, 0.2) is 0 Å². The third kappa shape index (κ3) is 2.10. The van der Waals surface area contributed by atoms with Crippen molar-refractivity contribution in [1.29, 1.82) is 0 Å². The van der Waals surface area contributed by atoms with E-state index in [0.29, 0.717) is 12.4 Å². The normalized spacial score (nSPS) is 20.6. The van der Waals surface area contributed by atoms with Crippen LogP contribution in [-0.4, -0.2) is 22.0 Å². The van der Waals surface area contributed by atoms with Crippen molar-refractivity contribution in [1.82, 2.24) is 10.2 Å². The molecule has 5 rings (SSSR count). The second kappa shape index (κ2) is 5.54. The van der Waals surface area contributed by atoms with Crippen LogP contribution in [0.1, 0.15) is 28.7 Å². The van der Waals surface area contributed by atoms with Gasteiger partial charge in [-0.1, -0.05) is 42.5 Å². The summed E-state index contributed by atoms with van der Waals surface area (Å²) in [5.74, 6) is 0.240. The maximum Gasteiger partial charge on any atom is 0.243 e. The van der Waals surface area contributed by atoms with Crippen LogP contribution in [0.25, 0.3) is 0 Å². The largest absolute Gasteiger partial charge is 0.311 e. The molecule has 3 heterocycles. The topological polar surface area (TPSA) is 78.1 Å². The smallest absolute Gasteiger partial charge is 0.243 e. The fourth-order valence-corrected chi connectivity index (χ4v) is 4.30. The number of carbonyl (C=O) groups excluding carboxylic acids is 2. The Labute approximate surface area is 156 Å². The third-order valence-corrected chi connectivity index (χ3v) is 5.64. The van der Waals surface area contributed by atoms with Crippen LogP contribution in [0, 0.1) is 6.92 Å². The first-order chi connectivity index (χ1) is 13.1. The Bertz CT molecular complexity index is 1090. The summed E-state index contributed by atoms with van der Waals surface area (Å²) in [6, 6.07) is 15.8. The lowest BCUT2D eigenvalue weighted by molar-refractivity contribution is -0.126. The highest BCUT2D eigenvalue weighted by Crippen LogP contribution is 2.51. The lowest BCUT2D eigenvalue weighted by Gasteiger charge is -2.32. The van der Waals surface area contributed by atoms with Gasteiger partial charge in [0, 0.05) is 17.7 Å². The Morgan fingerprint density at radius 2 is 1.85 bits per heavy atom. The molecule has 2 aromatic carbocycles. The van der Waals surface area contributed by atoms with E-state index in [0.717, 1.165) is 27.9 Å². The summed E-state index contributed by atoms with van der Waals surface area (Å²) in [5.41, 5.74) is 3.64. The Kier molecular flexibility index (Phi) is 3.25. The van der Waals surface area contributed by atoms with Crippen LogP contribution in [0.5, 0.6) is 0 Å². The van der Waals surface area contributed by atoms with E-state index in [-0.39, 0.29) is 18.2 Å². The molecule has 1 atom stereocenters. The van der Waals surface area contributed by atoms with Crippen molar-refractivity contribution >= 4 is 23.3 Å². The molecule has 2 amide bonds. The number of hydrogen-bond acceptors (Lipinski definition) is 3. The van der Waals surface area contributed by atoms with Crippen LogP contribution in [-0.2, 0) is 21.5 Å². The molecule has 27 heavy (non-hydrogen) atoms. The van der Waals surface area contributed by atoms with Crippen molar-refractivity contribution in [3.05, 3.63) is 77.0 Å². The number of benzene rings is 2. The zero-order valence-electron chi connectivity index (χ0n) is 14.8. The molecule has 0 aliphatic carbocycles. The van der Waals surface area contributed by atoms with E-state index in [9.17, 15) is 9.59 Å². The van der Waals surface area contributed by atoms with Gasteiger partial charge >= 0.3 is 0 Å². The first kappa shape index (κ1) is 15.8. The highest BCUT2D eigenvalue weighted by Gasteiger charge is 2.56. The first-order valence-electron chi connectivity index (χ1n) is 8.91. The SMILES string of the molecule is Cc1ccccc1CN1C(=O)[C@@]2(CC(=O)Nc3[nH]ncc32)c2ccccc21. The molecule has 0 saturated carbocycles. The standard InChI is InChI=1S/C21H18N4O2/c1-13-6-2-3-7-14(13)12-25-17-9-5-4-8-15(17)21(20(25)27)10-18(26)23-19-16(21)11-22-24-19/h2-9,11H,10,12H2,1H3,(H2,22,23,24,26)/t21-/m0/s1. The number of anilines is 2. The number of carbonyl (C=O) groups is 2. The fraction of sp³-hybridized carbons (Fsp3) is 0.190. The second-order valence-corrected chi connectivity index (χ2v) is 7.12. The highest BCUT2D eigenvalue weighted by molar-refractivity contribution is 6.15. The minimum atomic E-state index is -1.02. The number of hydrogen-bond donors (Lipinski definition) is 2. The lowest BCUT2D eigenvalue weighted by atomic mass is 9.72. The van der Waals surface area contributed by atoms with Crippen LogP contribution < -0.4 is 10.2 Å². The van der Waals surface area contributed by atoms with Crippen LogP contribution in [0.4, 0.5) is 11.5 Å². The van der Waals surface area contributed by atoms with Crippen LogP contribution in [0.3, 0.4) is 0 Å². The summed E-state index contributed by atoms with van der Waals surface area (Å²) < 4.78 is 0. The molecule has 1 aromatic heterocycles. The van der Waals surface area contributed by atoms with E-state index < -0.39 is 5.41 Å². The Morgan fingerprint density at radius 1 is 1.07 bits per heavy atom. The molecule has 0 saturated heterocycles. The number of aromatic amines is 1. The average molecular weight is 358 g/mol. The maximum absolute atomic E-state index is 13.8. The quantitative estimate of drug-likeness (QED) is 0.739. The maximum atomic E-state index is 13.8. The molecule has 2 N–H and O–H groups in total. The summed E-state index contributed by atoms with van der Waals surface area (Å²) in [6.07, 6.45) is 1.74. The van der Waals surface area contributed by atoms with E-state index in [1.165, 1.54) is 0 Å². The summed E-state index contributed by atoms with van der Waals surface area (Å²) in [7, 11) is 0. The van der Waals surface area contributed by atoms with Crippen LogP contribution in [0.15, 0.2) is 54.7 Å². The van der Waals surface area contributed by atoms with Crippen LogP contribution >= 0.6 is 0 Å². The van der Waals surface area contributed by atoms with Crippen molar-refractivity contribution in [2.24, 2.45) is 0 Å². The van der Waals surface area contributed by atoms with E-state index >= 15 is 0 Å². The number of H-pyrrole nitrogens is 1. The first-order valence-corrected chi connectivity index (χ1v) is 8.91. The number of aromatic nitrogens is 2. The Hall–Kier alpha value is -3.41. The molecule has 6 heteroatoms. The summed E-state index contributed by atoms with van der Waals surface area (Å²) in [4.78, 5) is 28.0. The number of nitrogens with zero attached hydrogens (tertiary/aromatic N) is 2. The van der Waals surface area contributed by atoms with E-state index in [1.807, 2.05) is 55.5 Å². The van der Waals surface area contributed by atoms with Gasteiger partial charge in [-0.2, -0.15) is 5.10 Å². The predicted octanol–water partition coefficient (Wildman–Crippen LogP) is 2.89. The molecular weight excluding hydrogens is 340 g/mol. The Morgan fingerprint density at radius 3 is 2.70 bits per heavy atom. The predicted molar refractivity (Wildman–Crippen MR) is 101 cm³/mol. The molecular formula is C21H18N4O2. The molecule has 0 unspecified atom stereocenters. The van der Waals surface area contributed by atoms with Crippen molar-refractivity contribution in [3.8, 4) is 0 Å². The van der Waals surface area contributed by atoms with Gasteiger partial charge < -0.3 is 10.2 Å². The van der Waals surface area contributed by atoms with Gasteiger partial charge in [0.25, 0.3) is 0 Å². The average Bonchev–Trinajstić information content (AvgIpc) is 3.22. The van der Waals surface area contributed by atoms with E-state index in [4.69, 9.17) is 0 Å². The second-order valence-electron chi connectivity index (χ2n) is 7.12. The molecule has 0 radical (unpaired) electrons. The van der Waals surface area contributed by atoms with Crippen LogP contribution in [0.2, 0.25) is 0 Å². The van der Waals surface area contributed by atoms with Crippen molar-refractivity contribution < 1.29 is 9.59 Å². The van der Waals surface area contributed by atoms with Gasteiger partial charge in [-0.05, 0) is 29.7 Å². The highest BCUT2D eigenvalue weighted by atomic mass is 16.2. The van der Waals surface area contributed by atoms with Gasteiger partial charge in [-0.25, -0.2) is 0 Å². The summed E-state index contributed by atoms with van der Waals surface area (Å²) in [5, 5.41) is 9.68. The van der Waals surface area contributed by atoms with Gasteiger partial charge in [-0.3, -0.25) is 14.7 Å². The molecule has 1 spiro atoms. The summed E-state index contributed by atoms with van der Waals surface area (Å²) in [6.45, 7) is 2.51. The van der Waals surface area contributed by atoms with Crippen molar-refractivity contribution in [2.75, 3.05) is 10.2 Å². The van der Waals surface area contributed by atoms with Gasteiger partial charge in [0.2, 0.25) is 11.8 Å². The van der Waals surface area contributed by atoms with Crippen molar-refractivity contribution in [2.45, 2.75) is 25.3 Å². The molecule has 134 valence electrons. The number of para-hydroxylation sites is 1. The minimum Gasteiger partial charge on any atom is -0.311 e. The van der Waals surface area contributed by atoms with E-state index in [2.05, 4.69) is 15.5 Å². The number of rotatable bonds is 2. The monoisotopic (exact) mass is 358 g/mol.